The number of rotatable bonds is 4. The van der Waals surface area contributed by atoms with E-state index >= 15 is 0 Å². The van der Waals surface area contributed by atoms with Gasteiger partial charge in [0.1, 0.15) is 17.5 Å². The van der Waals surface area contributed by atoms with E-state index in [1.54, 1.807) is 31.2 Å². The Hall–Kier alpha value is -2.60. The largest absolute Gasteiger partial charge is 0.442 e. The van der Waals surface area contributed by atoms with Crippen LogP contribution in [0.5, 0.6) is 0 Å². The van der Waals surface area contributed by atoms with E-state index in [9.17, 15) is 9.59 Å². The number of nitrogens with one attached hydrogen (secondary N) is 1. The first kappa shape index (κ1) is 17.2. The van der Waals surface area contributed by atoms with Crippen LogP contribution < -0.4 is 10.9 Å². The highest BCUT2D eigenvalue weighted by Gasteiger charge is 2.23. The summed E-state index contributed by atoms with van der Waals surface area (Å²) in [6.07, 6.45) is 1.45. The lowest BCUT2D eigenvalue weighted by molar-refractivity contribution is 0.102. The highest BCUT2D eigenvalue weighted by Crippen LogP contribution is 2.23. The summed E-state index contributed by atoms with van der Waals surface area (Å²) in [5, 5.41) is 3.45. The number of nitrogens with zero attached hydrogens (tertiary/aromatic N) is 2. The fourth-order valence-corrected chi connectivity index (χ4v) is 2.88. The molecule has 0 saturated heterocycles. The van der Waals surface area contributed by atoms with Gasteiger partial charge < -0.3 is 9.73 Å². The van der Waals surface area contributed by atoms with Gasteiger partial charge in [-0.2, -0.15) is 0 Å². The molecule has 0 bridgehead atoms. The van der Waals surface area contributed by atoms with Crippen LogP contribution in [0.2, 0.25) is 5.02 Å². The molecule has 0 aliphatic heterocycles. The zero-order chi connectivity index (χ0) is 18.1. The Labute approximate surface area is 149 Å². The molecule has 2 heterocycles. The average Bonchev–Trinajstić information content (AvgIpc) is 2.87. The maximum Gasteiger partial charge on any atom is 0.265 e. The first-order chi connectivity index (χ1) is 11.9. The second-order valence-corrected chi connectivity index (χ2v) is 6.71. The SMILES string of the molecule is Cc1oc2ncn(CC(C)C)c(=O)c2c1C(=O)Nc1cccc(Cl)c1. The Morgan fingerprint density at radius 1 is 1.40 bits per heavy atom. The number of halogens is 1. The van der Waals surface area contributed by atoms with Crippen molar-refractivity contribution in [1.82, 2.24) is 9.55 Å². The van der Waals surface area contributed by atoms with Crippen LogP contribution in [-0.4, -0.2) is 15.5 Å². The molecule has 0 unspecified atom stereocenters. The third kappa shape index (κ3) is 3.44. The number of carbonyl (C=O) groups excluding carboxylic acids is 1. The maximum absolute atomic E-state index is 12.8. The van der Waals surface area contributed by atoms with Crippen molar-refractivity contribution in [3.05, 3.63) is 57.3 Å². The third-order valence-corrected chi connectivity index (χ3v) is 3.96. The lowest BCUT2D eigenvalue weighted by Gasteiger charge is -2.08. The van der Waals surface area contributed by atoms with E-state index in [0.29, 0.717) is 23.0 Å². The van der Waals surface area contributed by atoms with Gasteiger partial charge in [-0.1, -0.05) is 31.5 Å². The smallest absolute Gasteiger partial charge is 0.265 e. The maximum atomic E-state index is 12.8. The minimum absolute atomic E-state index is 0.166. The quantitative estimate of drug-likeness (QED) is 0.767. The number of amides is 1. The lowest BCUT2D eigenvalue weighted by atomic mass is 10.1. The van der Waals surface area contributed by atoms with Crippen LogP contribution in [0.1, 0.15) is 30.0 Å². The normalized spacial score (nSPS) is 11.2. The van der Waals surface area contributed by atoms with Gasteiger partial charge in [0.15, 0.2) is 0 Å². The Balaban J connectivity index is 2.07. The Kier molecular flexibility index (Phi) is 4.63. The number of aromatic nitrogens is 2. The predicted molar refractivity (Wildman–Crippen MR) is 97.2 cm³/mol. The number of fused-ring (bicyclic) bond motifs is 1. The summed E-state index contributed by atoms with van der Waals surface area (Å²) in [6.45, 7) is 6.16. The van der Waals surface area contributed by atoms with Gasteiger partial charge in [0.05, 0.1) is 5.56 Å². The first-order valence-corrected chi connectivity index (χ1v) is 8.30. The number of benzene rings is 1. The summed E-state index contributed by atoms with van der Waals surface area (Å²) < 4.78 is 7.01. The van der Waals surface area contributed by atoms with Gasteiger partial charge in [-0.3, -0.25) is 14.2 Å². The Bertz CT molecular complexity index is 1000. The molecule has 0 spiro atoms. The molecule has 3 aromatic rings. The molecule has 0 fully saturated rings. The van der Waals surface area contributed by atoms with E-state index < -0.39 is 5.91 Å². The number of carbonyl (C=O) groups is 1. The van der Waals surface area contributed by atoms with Crippen LogP contribution >= 0.6 is 11.6 Å². The molecule has 1 aromatic carbocycles. The molecule has 25 heavy (non-hydrogen) atoms. The van der Waals surface area contributed by atoms with Gasteiger partial charge in [0.25, 0.3) is 11.5 Å². The number of hydrogen-bond acceptors (Lipinski definition) is 4. The van der Waals surface area contributed by atoms with Crippen molar-refractivity contribution in [2.45, 2.75) is 27.3 Å². The molecule has 1 N–H and O–H groups in total. The molecule has 7 heteroatoms. The van der Waals surface area contributed by atoms with Crippen LogP contribution in [0.25, 0.3) is 11.1 Å². The van der Waals surface area contributed by atoms with Crippen molar-refractivity contribution in [3.63, 3.8) is 0 Å². The van der Waals surface area contributed by atoms with Crippen LogP contribution in [0.15, 0.2) is 39.8 Å². The van der Waals surface area contributed by atoms with Gasteiger partial charge in [0.2, 0.25) is 5.71 Å². The molecule has 0 aliphatic carbocycles. The summed E-state index contributed by atoms with van der Waals surface area (Å²) >= 11 is 5.94. The average molecular weight is 360 g/mol. The van der Waals surface area contributed by atoms with E-state index in [2.05, 4.69) is 10.3 Å². The van der Waals surface area contributed by atoms with E-state index in [0.717, 1.165) is 0 Å². The molecule has 2 aromatic heterocycles. The molecular formula is C18H18ClN3O3. The zero-order valence-electron chi connectivity index (χ0n) is 14.2. The summed E-state index contributed by atoms with van der Waals surface area (Å²) in [6, 6.07) is 6.79. The van der Waals surface area contributed by atoms with E-state index in [1.807, 2.05) is 13.8 Å². The number of aryl methyl sites for hydroxylation is 1. The van der Waals surface area contributed by atoms with Gasteiger partial charge in [0, 0.05) is 17.3 Å². The van der Waals surface area contributed by atoms with Gasteiger partial charge in [-0.15, -0.1) is 0 Å². The topological polar surface area (TPSA) is 77.1 Å². The van der Waals surface area contributed by atoms with Crippen molar-refractivity contribution < 1.29 is 9.21 Å². The van der Waals surface area contributed by atoms with E-state index in [4.69, 9.17) is 16.0 Å². The van der Waals surface area contributed by atoms with E-state index in [-0.39, 0.29) is 28.1 Å². The summed E-state index contributed by atoms with van der Waals surface area (Å²) in [5.74, 6) is 0.190. The van der Waals surface area contributed by atoms with Gasteiger partial charge in [-0.25, -0.2) is 4.98 Å². The van der Waals surface area contributed by atoms with Crippen LogP contribution in [0, 0.1) is 12.8 Å². The van der Waals surface area contributed by atoms with Crippen molar-refractivity contribution in [2.75, 3.05) is 5.32 Å². The highest BCUT2D eigenvalue weighted by molar-refractivity contribution is 6.31. The molecule has 0 atom stereocenters. The predicted octanol–water partition coefficient (Wildman–Crippen LogP) is 3.86. The highest BCUT2D eigenvalue weighted by atomic mass is 35.5. The van der Waals surface area contributed by atoms with Crippen molar-refractivity contribution in [3.8, 4) is 0 Å². The van der Waals surface area contributed by atoms with Crippen molar-refractivity contribution >= 4 is 34.3 Å². The summed E-state index contributed by atoms with van der Waals surface area (Å²) in [7, 11) is 0. The molecule has 3 rings (SSSR count). The molecule has 6 nitrogen and oxygen atoms in total. The molecule has 1 amide bonds. The first-order valence-electron chi connectivity index (χ1n) is 7.92. The molecule has 0 radical (unpaired) electrons. The number of furan rings is 1. The molecule has 130 valence electrons. The monoisotopic (exact) mass is 359 g/mol. The fourth-order valence-electron chi connectivity index (χ4n) is 2.69. The third-order valence-electron chi connectivity index (χ3n) is 3.73. The summed E-state index contributed by atoms with van der Waals surface area (Å²) in [5.41, 5.74) is 0.619. The van der Waals surface area contributed by atoms with Crippen molar-refractivity contribution in [1.29, 1.82) is 0 Å². The Morgan fingerprint density at radius 2 is 2.16 bits per heavy atom. The summed E-state index contributed by atoms with van der Waals surface area (Å²) in [4.78, 5) is 29.7. The zero-order valence-corrected chi connectivity index (χ0v) is 14.9. The van der Waals surface area contributed by atoms with Crippen LogP contribution in [0.4, 0.5) is 5.69 Å². The molecule has 0 aliphatic rings. The number of hydrogen-bond donors (Lipinski definition) is 1. The number of anilines is 1. The minimum atomic E-state index is -0.431. The van der Waals surface area contributed by atoms with Crippen LogP contribution in [-0.2, 0) is 6.54 Å². The second-order valence-electron chi connectivity index (χ2n) is 6.27. The minimum Gasteiger partial charge on any atom is -0.442 e. The lowest BCUT2D eigenvalue weighted by Crippen LogP contribution is -2.24. The van der Waals surface area contributed by atoms with Gasteiger partial charge >= 0.3 is 0 Å². The van der Waals surface area contributed by atoms with Gasteiger partial charge in [-0.05, 0) is 31.0 Å². The molecule has 0 saturated carbocycles. The van der Waals surface area contributed by atoms with E-state index in [1.165, 1.54) is 10.9 Å². The van der Waals surface area contributed by atoms with Crippen LogP contribution in [0.3, 0.4) is 0 Å². The standard InChI is InChI=1S/C18H18ClN3O3/c1-10(2)8-22-9-20-17-15(18(22)24)14(11(3)25-17)16(23)21-13-6-4-5-12(19)7-13/h4-7,9-10H,8H2,1-3H3,(H,21,23). The second kappa shape index (κ2) is 6.72. The van der Waals surface area contributed by atoms with Crippen molar-refractivity contribution in [2.24, 2.45) is 5.92 Å². The Morgan fingerprint density at radius 3 is 2.84 bits per heavy atom. The fraction of sp³-hybridized carbons (Fsp3) is 0.278. The molecular weight excluding hydrogens is 342 g/mol.